The molecule has 1 aromatic carbocycles. The van der Waals surface area contributed by atoms with Crippen molar-refractivity contribution >= 4 is 17.6 Å². The van der Waals surface area contributed by atoms with Gasteiger partial charge in [0, 0.05) is 25.6 Å². The molecule has 1 N–H and O–H groups in total. The third kappa shape index (κ3) is 4.73. The average molecular weight is 263 g/mol. The van der Waals surface area contributed by atoms with Crippen molar-refractivity contribution in [1.29, 1.82) is 0 Å². The largest absolute Gasteiger partial charge is 0.481 e. The third-order valence-corrected chi connectivity index (χ3v) is 3.10. The fraction of sp³-hybridized carbons (Fsp3) is 0.467. The summed E-state index contributed by atoms with van der Waals surface area (Å²) < 4.78 is 0. The molecule has 0 unspecified atom stereocenters. The SMILES string of the molecule is CC(C)c1ccc(N(C)C(=O)CCCC(=O)O)cc1. The Bertz CT molecular complexity index is 437. The quantitative estimate of drug-likeness (QED) is 0.858. The van der Waals surface area contributed by atoms with Gasteiger partial charge in [0.05, 0.1) is 0 Å². The topological polar surface area (TPSA) is 57.6 Å². The van der Waals surface area contributed by atoms with Crippen LogP contribution in [-0.4, -0.2) is 24.0 Å². The molecule has 0 radical (unpaired) electrons. The summed E-state index contributed by atoms with van der Waals surface area (Å²) in [6.07, 6.45) is 0.670. The molecule has 1 amide bonds. The van der Waals surface area contributed by atoms with Crippen LogP contribution in [0.25, 0.3) is 0 Å². The monoisotopic (exact) mass is 263 g/mol. The number of carbonyl (C=O) groups is 2. The summed E-state index contributed by atoms with van der Waals surface area (Å²) in [4.78, 5) is 23.8. The van der Waals surface area contributed by atoms with Gasteiger partial charge in [-0.3, -0.25) is 9.59 Å². The zero-order valence-corrected chi connectivity index (χ0v) is 11.7. The first-order chi connectivity index (χ1) is 8.91. The zero-order valence-electron chi connectivity index (χ0n) is 11.7. The second kappa shape index (κ2) is 6.92. The van der Waals surface area contributed by atoms with Crippen LogP contribution in [0.2, 0.25) is 0 Å². The van der Waals surface area contributed by atoms with E-state index in [-0.39, 0.29) is 18.7 Å². The van der Waals surface area contributed by atoms with Gasteiger partial charge in [0.1, 0.15) is 0 Å². The lowest BCUT2D eigenvalue weighted by Crippen LogP contribution is -2.26. The fourth-order valence-electron chi connectivity index (χ4n) is 1.79. The molecule has 0 spiro atoms. The maximum absolute atomic E-state index is 11.9. The van der Waals surface area contributed by atoms with Gasteiger partial charge in [-0.05, 0) is 30.0 Å². The highest BCUT2D eigenvalue weighted by molar-refractivity contribution is 5.92. The van der Waals surface area contributed by atoms with Crippen molar-refractivity contribution in [2.45, 2.75) is 39.0 Å². The molecule has 4 nitrogen and oxygen atoms in total. The van der Waals surface area contributed by atoms with Gasteiger partial charge >= 0.3 is 5.97 Å². The minimum absolute atomic E-state index is 0.0336. The van der Waals surface area contributed by atoms with Gasteiger partial charge in [0.15, 0.2) is 0 Å². The second-order valence-corrected chi connectivity index (χ2v) is 4.95. The van der Waals surface area contributed by atoms with Gasteiger partial charge in [-0.25, -0.2) is 0 Å². The Labute approximate surface area is 114 Å². The molecule has 104 valence electrons. The zero-order chi connectivity index (χ0) is 14.4. The van der Waals surface area contributed by atoms with Crippen LogP contribution in [0.3, 0.4) is 0 Å². The first kappa shape index (κ1) is 15.2. The maximum atomic E-state index is 11.9. The van der Waals surface area contributed by atoms with E-state index in [9.17, 15) is 9.59 Å². The van der Waals surface area contributed by atoms with Gasteiger partial charge in [0.2, 0.25) is 5.91 Å². The summed E-state index contributed by atoms with van der Waals surface area (Å²) in [5, 5.41) is 8.54. The van der Waals surface area contributed by atoms with E-state index in [0.29, 0.717) is 12.3 Å². The molecule has 0 aliphatic rings. The van der Waals surface area contributed by atoms with E-state index < -0.39 is 5.97 Å². The molecule has 0 heterocycles. The molecule has 4 heteroatoms. The highest BCUT2D eigenvalue weighted by Crippen LogP contribution is 2.20. The molecule has 0 atom stereocenters. The fourth-order valence-corrected chi connectivity index (χ4v) is 1.79. The van der Waals surface area contributed by atoms with Gasteiger partial charge in [-0.15, -0.1) is 0 Å². The summed E-state index contributed by atoms with van der Waals surface area (Å²) in [6, 6.07) is 7.87. The van der Waals surface area contributed by atoms with Crippen molar-refractivity contribution in [1.82, 2.24) is 0 Å². The molecular formula is C15H21NO3. The number of aliphatic carboxylic acids is 1. The van der Waals surface area contributed by atoms with Crippen LogP contribution >= 0.6 is 0 Å². The summed E-state index contributed by atoms with van der Waals surface area (Å²) >= 11 is 0. The summed E-state index contributed by atoms with van der Waals surface area (Å²) in [5.74, 6) is -0.457. The van der Waals surface area contributed by atoms with Gasteiger partial charge < -0.3 is 10.0 Å². The molecular weight excluding hydrogens is 242 g/mol. The van der Waals surface area contributed by atoms with Crippen molar-refractivity contribution < 1.29 is 14.7 Å². The minimum atomic E-state index is -0.864. The maximum Gasteiger partial charge on any atom is 0.303 e. The molecule has 1 rings (SSSR count). The number of carbonyl (C=O) groups excluding carboxylic acids is 1. The van der Waals surface area contributed by atoms with Crippen molar-refractivity contribution in [3.8, 4) is 0 Å². The highest BCUT2D eigenvalue weighted by atomic mass is 16.4. The molecule has 0 fully saturated rings. The van der Waals surface area contributed by atoms with E-state index in [0.717, 1.165) is 5.69 Å². The van der Waals surface area contributed by atoms with E-state index in [2.05, 4.69) is 13.8 Å². The van der Waals surface area contributed by atoms with Crippen LogP contribution in [0.5, 0.6) is 0 Å². The number of rotatable bonds is 6. The summed E-state index contributed by atoms with van der Waals surface area (Å²) in [7, 11) is 1.72. The number of carboxylic acid groups (broad SMARTS) is 1. The first-order valence-electron chi connectivity index (χ1n) is 6.50. The standard InChI is InChI=1S/C15H21NO3/c1-11(2)12-7-9-13(10-8-12)16(3)14(17)5-4-6-15(18)19/h7-11H,4-6H2,1-3H3,(H,18,19). The molecule has 0 saturated carbocycles. The van der Waals surface area contributed by atoms with E-state index in [1.165, 1.54) is 5.56 Å². The second-order valence-electron chi connectivity index (χ2n) is 4.95. The number of nitrogens with zero attached hydrogens (tertiary/aromatic N) is 1. The Morgan fingerprint density at radius 1 is 1.16 bits per heavy atom. The smallest absolute Gasteiger partial charge is 0.303 e. The van der Waals surface area contributed by atoms with Gasteiger partial charge in [-0.2, -0.15) is 0 Å². The number of amides is 1. The summed E-state index contributed by atoms with van der Waals surface area (Å²) in [5.41, 5.74) is 2.07. The Morgan fingerprint density at radius 2 is 1.74 bits per heavy atom. The van der Waals surface area contributed by atoms with Crippen LogP contribution in [0.15, 0.2) is 24.3 Å². The highest BCUT2D eigenvalue weighted by Gasteiger charge is 2.11. The van der Waals surface area contributed by atoms with E-state index in [1.54, 1.807) is 11.9 Å². The molecule has 0 aromatic heterocycles. The predicted octanol–water partition coefficient (Wildman–Crippen LogP) is 3.03. The van der Waals surface area contributed by atoms with Crippen LogP contribution in [0.4, 0.5) is 5.69 Å². The van der Waals surface area contributed by atoms with Crippen molar-refractivity contribution in [3.05, 3.63) is 29.8 Å². The number of benzene rings is 1. The Morgan fingerprint density at radius 3 is 2.21 bits per heavy atom. The molecule has 1 aromatic rings. The average Bonchev–Trinajstić information content (AvgIpc) is 2.37. The Kier molecular flexibility index (Phi) is 5.55. The molecule has 0 bridgehead atoms. The van der Waals surface area contributed by atoms with Crippen LogP contribution in [-0.2, 0) is 9.59 Å². The van der Waals surface area contributed by atoms with Gasteiger partial charge in [-0.1, -0.05) is 26.0 Å². The molecule has 19 heavy (non-hydrogen) atoms. The van der Waals surface area contributed by atoms with Crippen LogP contribution in [0.1, 0.15) is 44.6 Å². The predicted molar refractivity (Wildman–Crippen MR) is 75.4 cm³/mol. The van der Waals surface area contributed by atoms with Gasteiger partial charge in [0.25, 0.3) is 0 Å². The third-order valence-electron chi connectivity index (χ3n) is 3.10. The number of carboxylic acids is 1. The molecule has 0 aliphatic heterocycles. The van der Waals surface area contributed by atoms with E-state index >= 15 is 0 Å². The number of hydrogen-bond donors (Lipinski definition) is 1. The number of anilines is 1. The number of hydrogen-bond acceptors (Lipinski definition) is 2. The van der Waals surface area contributed by atoms with E-state index in [1.807, 2.05) is 24.3 Å². The van der Waals surface area contributed by atoms with Crippen molar-refractivity contribution in [2.75, 3.05) is 11.9 Å². The van der Waals surface area contributed by atoms with Crippen LogP contribution < -0.4 is 4.90 Å². The Hall–Kier alpha value is -1.84. The normalized spacial score (nSPS) is 10.5. The first-order valence-corrected chi connectivity index (χ1v) is 6.50. The van der Waals surface area contributed by atoms with E-state index in [4.69, 9.17) is 5.11 Å². The minimum Gasteiger partial charge on any atom is -0.481 e. The lowest BCUT2D eigenvalue weighted by Gasteiger charge is -2.18. The molecule has 0 aliphatic carbocycles. The van der Waals surface area contributed by atoms with Crippen molar-refractivity contribution in [3.63, 3.8) is 0 Å². The van der Waals surface area contributed by atoms with Crippen LogP contribution in [0, 0.1) is 0 Å². The summed E-state index contributed by atoms with van der Waals surface area (Å²) in [6.45, 7) is 4.24. The lowest BCUT2D eigenvalue weighted by molar-refractivity contribution is -0.137. The lowest BCUT2D eigenvalue weighted by atomic mass is 10.0. The Balaban J connectivity index is 2.58. The molecule has 0 saturated heterocycles. The van der Waals surface area contributed by atoms with Crippen molar-refractivity contribution in [2.24, 2.45) is 0 Å².